The average molecular weight is 441 g/mol. The minimum atomic E-state index is -4.34. The molecule has 0 unspecified atom stereocenters. The highest BCUT2D eigenvalue weighted by Gasteiger charge is 2.37. The van der Waals surface area contributed by atoms with E-state index < -0.39 is 13.9 Å². The third-order valence-electron chi connectivity index (χ3n) is 4.15. The standard InChI is InChI=1S/C23H24NO6P/c1-27-18-17-24(19-20-11-5-2-6-12-20)23(25)30-31(26,28-21-13-7-3-8-14-21)29-22-15-9-4-10-16-22/h2-16H,17-19H2,1H3. The quantitative estimate of drug-likeness (QED) is 0.385. The maximum absolute atomic E-state index is 13.4. The van der Waals surface area contributed by atoms with Crippen LogP contribution in [-0.4, -0.2) is 31.3 Å². The Kier molecular flexibility index (Phi) is 8.10. The van der Waals surface area contributed by atoms with Crippen molar-refractivity contribution in [3.05, 3.63) is 96.6 Å². The summed E-state index contributed by atoms with van der Waals surface area (Å²) in [6, 6.07) is 26.2. The zero-order valence-corrected chi connectivity index (χ0v) is 18.0. The van der Waals surface area contributed by atoms with Gasteiger partial charge in [0.25, 0.3) is 0 Å². The van der Waals surface area contributed by atoms with Gasteiger partial charge in [0.05, 0.1) is 6.61 Å². The van der Waals surface area contributed by atoms with Gasteiger partial charge >= 0.3 is 13.9 Å². The lowest BCUT2D eigenvalue weighted by molar-refractivity contribution is 0.111. The fourth-order valence-electron chi connectivity index (χ4n) is 2.67. The summed E-state index contributed by atoms with van der Waals surface area (Å²) in [4.78, 5) is 14.3. The summed E-state index contributed by atoms with van der Waals surface area (Å²) in [5, 5.41) is 0. The van der Waals surface area contributed by atoms with E-state index in [1.54, 1.807) is 60.7 Å². The predicted molar refractivity (Wildman–Crippen MR) is 117 cm³/mol. The molecular weight excluding hydrogens is 417 g/mol. The first-order valence-electron chi connectivity index (χ1n) is 9.69. The number of carbonyl (C=O) groups is 1. The minimum absolute atomic E-state index is 0.237. The summed E-state index contributed by atoms with van der Waals surface area (Å²) in [7, 11) is -2.81. The van der Waals surface area contributed by atoms with Crippen LogP contribution in [0.1, 0.15) is 5.56 Å². The number of methoxy groups -OCH3 is 1. The van der Waals surface area contributed by atoms with Crippen LogP contribution in [0.2, 0.25) is 0 Å². The van der Waals surface area contributed by atoms with Gasteiger partial charge in [-0.15, -0.1) is 0 Å². The molecule has 31 heavy (non-hydrogen) atoms. The lowest BCUT2D eigenvalue weighted by atomic mass is 10.2. The normalized spacial score (nSPS) is 10.9. The fraction of sp³-hybridized carbons (Fsp3) is 0.174. The number of ether oxygens (including phenoxy) is 1. The summed E-state index contributed by atoms with van der Waals surface area (Å²) >= 11 is 0. The Bertz CT molecular complexity index is 939. The van der Waals surface area contributed by atoms with Crippen molar-refractivity contribution in [1.29, 1.82) is 0 Å². The molecule has 0 saturated heterocycles. The summed E-state index contributed by atoms with van der Waals surface area (Å²) in [5.74, 6) is 0.502. The van der Waals surface area contributed by atoms with Crippen molar-refractivity contribution in [3.8, 4) is 11.5 Å². The van der Waals surface area contributed by atoms with Crippen LogP contribution in [0.5, 0.6) is 11.5 Å². The van der Waals surface area contributed by atoms with Crippen LogP contribution in [0.25, 0.3) is 0 Å². The molecule has 0 atom stereocenters. The van der Waals surface area contributed by atoms with Crippen molar-refractivity contribution in [2.75, 3.05) is 20.3 Å². The molecule has 3 aromatic carbocycles. The van der Waals surface area contributed by atoms with E-state index in [0.717, 1.165) is 5.56 Å². The van der Waals surface area contributed by atoms with Crippen LogP contribution in [0.15, 0.2) is 91.0 Å². The number of amides is 1. The van der Waals surface area contributed by atoms with E-state index >= 15 is 0 Å². The number of phosphoric ester groups is 1. The second-order valence-corrected chi connectivity index (χ2v) is 7.96. The smallest absolute Gasteiger partial charge is 0.386 e. The van der Waals surface area contributed by atoms with Crippen LogP contribution < -0.4 is 9.05 Å². The number of para-hydroxylation sites is 2. The summed E-state index contributed by atoms with van der Waals surface area (Å²) in [6.45, 7) is 0.770. The molecule has 0 heterocycles. The number of phosphoric acid groups is 1. The second-order valence-electron chi connectivity index (χ2n) is 6.51. The Morgan fingerprint density at radius 2 is 1.29 bits per heavy atom. The van der Waals surface area contributed by atoms with Crippen LogP contribution in [0.3, 0.4) is 0 Å². The number of nitrogens with zero attached hydrogens (tertiary/aromatic N) is 1. The van der Waals surface area contributed by atoms with Gasteiger partial charge in [0.2, 0.25) is 0 Å². The van der Waals surface area contributed by atoms with Gasteiger partial charge in [-0.25, -0.2) is 4.79 Å². The van der Waals surface area contributed by atoms with Crippen LogP contribution in [0, 0.1) is 0 Å². The molecule has 7 nitrogen and oxygen atoms in total. The van der Waals surface area contributed by atoms with E-state index in [0.29, 0.717) is 0 Å². The SMILES string of the molecule is COCCN(Cc1ccccc1)C(=O)OP(=O)(Oc1ccccc1)Oc1ccccc1. The Labute approximate surface area is 181 Å². The molecule has 0 aliphatic rings. The summed E-state index contributed by atoms with van der Waals surface area (Å²) in [5.41, 5.74) is 0.887. The molecule has 0 fully saturated rings. The molecule has 0 aliphatic carbocycles. The number of hydrogen-bond acceptors (Lipinski definition) is 6. The van der Waals surface area contributed by atoms with Crippen molar-refractivity contribution < 1.29 is 27.7 Å². The van der Waals surface area contributed by atoms with Gasteiger partial charge in [0.15, 0.2) is 0 Å². The predicted octanol–water partition coefficient (Wildman–Crippen LogP) is 5.54. The van der Waals surface area contributed by atoms with Gasteiger partial charge in [-0.2, -0.15) is 4.57 Å². The number of benzene rings is 3. The summed E-state index contributed by atoms with van der Waals surface area (Å²) < 4.78 is 34.9. The van der Waals surface area contributed by atoms with E-state index in [2.05, 4.69) is 0 Å². The van der Waals surface area contributed by atoms with E-state index in [-0.39, 0.29) is 31.2 Å². The van der Waals surface area contributed by atoms with Gasteiger partial charge in [0.1, 0.15) is 11.5 Å². The van der Waals surface area contributed by atoms with Crippen molar-refractivity contribution in [1.82, 2.24) is 4.90 Å². The van der Waals surface area contributed by atoms with Gasteiger partial charge in [-0.05, 0) is 29.8 Å². The largest absolute Gasteiger partial charge is 0.650 e. The molecule has 0 saturated carbocycles. The van der Waals surface area contributed by atoms with E-state index in [1.807, 2.05) is 30.3 Å². The van der Waals surface area contributed by atoms with E-state index in [4.69, 9.17) is 18.3 Å². The Balaban J connectivity index is 1.81. The average Bonchev–Trinajstić information content (AvgIpc) is 2.78. The fourth-order valence-corrected chi connectivity index (χ4v) is 3.85. The van der Waals surface area contributed by atoms with Crippen LogP contribution >= 0.6 is 7.82 Å². The molecule has 8 heteroatoms. The van der Waals surface area contributed by atoms with Crippen molar-refractivity contribution in [2.45, 2.75) is 6.54 Å². The zero-order valence-electron chi connectivity index (χ0n) is 17.1. The van der Waals surface area contributed by atoms with Gasteiger partial charge in [-0.3, -0.25) is 0 Å². The third-order valence-corrected chi connectivity index (χ3v) is 5.40. The Morgan fingerprint density at radius 1 is 0.806 bits per heavy atom. The third kappa shape index (κ3) is 7.17. The molecule has 1 amide bonds. The van der Waals surface area contributed by atoms with Gasteiger partial charge in [-0.1, -0.05) is 66.7 Å². The monoisotopic (exact) mass is 441 g/mol. The van der Waals surface area contributed by atoms with Crippen LogP contribution in [-0.2, 0) is 20.4 Å². The molecule has 0 radical (unpaired) electrons. The first kappa shape index (κ1) is 22.4. The molecule has 0 aliphatic heterocycles. The van der Waals surface area contributed by atoms with Gasteiger partial charge in [0, 0.05) is 20.2 Å². The lowest BCUT2D eigenvalue weighted by Crippen LogP contribution is -2.34. The number of hydrogen-bond donors (Lipinski definition) is 0. The number of rotatable bonds is 10. The Hall–Kier alpha value is -3.28. The highest BCUT2D eigenvalue weighted by Crippen LogP contribution is 2.50. The second kappa shape index (κ2) is 11.2. The molecule has 0 aromatic heterocycles. The molecule has 3 aromatic rings. The van der Waals surface area contributed by atoms with Crippen LogP contribution in [0.4, 0.5) is 4.79 Å². The molecule has 3 rings (SSSR count). The van der Waals surface area contributed by atoms with Crippen molar-refractivity contribution >= 4 is 13.9 Å². The topological polar surface area (TPSA) is 74.3 Å². The summed E-state index contributed by atoms with van der Waals surface area (Å²) in [6.07, 6.45) is -0.837. The number of carbonyl (C=O) groups excluding carboxylic acids is 1. The van der Waals surface area contributed by atoms with Crippen molar-refractivity contribution in [3.63, 3.8) is 0 Å². The highest BCUT2D eigenvalue weighted by molar-refractivity contribution is 7.50. The molecular formula is C23H24NO6P. The van der Waals surface area contributed by atoms with E-state index in [9.17, 15) is 9.36 Å². The van der Waals surface area contributed by atoms with Gasteiger partial charge < -0.3 is 23.2 Å². The van der Waals surface area contributed by atoms with E-state index in [1.165, 1.54) is 12.0 Å². The molecule has 0 spiro atoms. The maximum atomic E-state index is 13.4. The first-order valence-corrected chi connectivity index (χ1v) is 11.1. The molecule has 162 valence electrons. The zero-order chi connectivity index (χ0) is 21.9. The first-order chi connectivity index (χ1) is 15.1. The maximum Gasteiger partial charge on any atom is 0.650 e. The minimum Gasteiger partial charge on any atom is -0.386 e. The Morgan fingerprint density at radius 3 is 1.77 bits per heavy atom. The molecule has 0 N–H and O–H groups in total. The highest BCUT2D eigenvalue weighted by atomic mass is 31.2. The lowest BCUT2D eigenvalue weighted by Gasteiger charge is -2.24. The molecule has 0 bridgehead atoms. The van der Waals surface area contributed by atoms with Crippen molar-refractivity contribution in [2.24, 2.45) is 0 Å².